The number of hydrogen-bond donors (Lipinski definition) is 3. The minimum absolute atomic E-state index is 0.0124. The first-order valence-electron chi connectivity index (χ1n) is 11.0. The van der Waals surface area contributed by atoms with Gasteiger partial charge < -0.3 is 10.4 Å². The van der Waals surface area contributed by atoms with E-state index >= 15 is 0 Å². The Kier molecular flexibility index (Phi) is 6.13. The van der Waals surface area contributed by atoms with Gasteiger partial charge in [0.2, 0.25) is 10.0 Å². The molecule has 174 valence electrons. The molecule has 1 aromatic carbocycles. The number of aliphatic hydroxyl groups excluding tert-OH is 1. The molecule has 0 atom stereocenters. The topological polar surface area (TPSA) is 95.7 Å². The van der Waals surface area contributed by atoms with Crippen LogP contribution in [0.4, 0.5) is 5.69 Å². The molecule has 2 aromatic heterocycles. The molecule has 7 nitrogen and oxygen atoms in total. The third kappa shape index (κ3) is 4.44. The quantitative estimate of drug-likeness (QED) is 0.510. The summed E-state index contributed by atoms with van der Waals surface area (Å²) in [4.78, 5) is 7.09. The maximum Gasteiger partial charge on any atom is 0.242 e. The third-order valence-corrected chi connectivity index (χ3v) is 9.04. The number of anilines is 1. The molecule has 1 aliphatic rings. The van der Waals surface area contributed by atoms with Gasteiger partial charge in [0.05, 0.1) is 23.2 Å². The summed E-state index contributed by atoms with van der Waals surface area (Å²) in [6, 6.07) is 5.32. The van der Waals surface area contributed by atoms with Crippen molar-refractivity contribution in [3.63, 3.8) is 0 Å². The number of nitrogens with one attached hydrogen (secondary N) is 2. The molecule has 0 bridgehead atoms. The number of imidazole rings is 1. The van der Waals surface area contributed by atoms with Crippen LogP contribution < -0.4 is 10.0 Å². The second-order valence-corrected chi connectivity index (χ2v) is 12.3. The van der Waals surface area contributed by atoms with E-state index in [1.165, 1.54) is 4.88 Å². The van der Waals surface area contributed by atoms with E-state index in [-0.39, 0.29) is 22.5 Å². The molecule has 0 saturated heterocycles. The monoisotopic (exact) mass is 476 g/mol. The lowest BCUT2D eigenvalue weighted by Crippen LogP contribution is -2.38. The van der Waals surface area contributed by atoms with Crippen LogP contribution in [-0.2, 0) is 15.4 Å². The number of aromatic nitrogens is 2. The maximum atomic E-state index is 13.3. The van der Waals surface area contributed by atoms with Gasteiger partial charge in [0.25, 0.3) is 0 Å². The van der Waals surface area contributed by atoms with Crippen LogP contribution in [-0.4, -0.2) is 42.1 Å². The lowest BCUT2D eigenvalue weighted by molar-refractivity contribution is 0.120. The Morgan fingerprint density at radius 3 is 2.50 bits per heavy atom. The number of thiazole rings is 1. The Bertz CT molecular complexity index is 1230. The number of fused-ring (bicyclic) bond motifs is 1. The summed E-state index contributed by atoms with van der Waals surface area (Å²) in [6.45, 7) is 8.48. The van der Waals surface area contributed by atoms with E-state index in [1.54, 1.807) is 24.5 Å². The summed E-state index contributed by atoms with van der Waals surface area (Å²) in [5, 5.41) is 12.8. The fourth-order valence-corrected chi connectivity index (χ4v) is 6.85. The molecule has 1 saturated carbocycles. The number of nitrogens with zero attached hydrogens (tertiary/aromatic N) is 2. The predicted molar refractivity (Wildman–Crippen MR) is 130 cm³/mol. The Labute approximate surface area is 193 Å². The number of aliphatic hydroxyl groups is 1. The van der Waals surface area contributed by atoms with Gasteiger partial charge in [0.1, 0.15) is 4.90 Å². The molecule has 1 fully saturated rings. The lowest BCUT2D eigenvalue weighted by atomic mass is 9.94. The minimum Gasteiger partial charge on any atom is -0.393 e. The van der Waals surface area contributed by atoms with E-state index < -0.39 is 10.0 Å². The van der Waals surface area contributed by atoms with Crippen LogP contribution >= 0.6 is 11.3 Å². The summed E-state index contributed by atoms with van der Waals surface area (Å²) < 4.78 is 31.6. The molecule has 3 N–H and O–H groups in total. The highest BCUT2D eigenvalue weighted by molar-refractivity contribution is 7.89. The first-order chi connectivity index (χ1) is 15.0. The molecule has 0 spiro atoms. The van der Waals surface area contributed by atoms with Crippen molar-refractivity contribution in [3.8, 4) is 11.3 Å². The summed E-state index contributed by atoms with van der Waals surface area (Å²) in [7, 11) is -2.02. The molecule has 9 heteroatoms. The molecule has 0 amide bonds. The highest BCUT2D eigenvalue weighted by Gasteiger charge is 2.28. The van der Waals surface area contributed by atoms with Gasteiger partial charge >= 0.3 is 0 Å². The van der Waals surface area contributed by atoms with Crippen LogP contribution in [0.3, 0.4) is 0 Å². The Morgan fingerprint density at radius 2 is 1.88 bits per heavy atom. The molecule has 0 radical (unpaired) electrons. The maximum absolute atomic E-state index is 13.3. The number of aryl methyl sites for hydroxylation is 1. The van der Waals surface area contributed by atoms with E-state index in [4.69, 9.17) is 4.98 Å². The summed E-state index contributed by atoms with van der Waals surface area (Å²) in [6.07, 6.45) is 4.30. The SMILES string of the molecule is CNc1ccc(-c2c(C)nc3sc(C(C)(C)C)cn23)cc1S(=O)(=O)N[C@H]1CC[C@@H](O)CC1. The van der Waals surface area contributed by atoms with Gasteiger partial charge in [-0.3, -0.25) is 4.40 Å². The van der Waals surface area contributed by atoms with Crippen LogP contribution in [0.5, 0.6) is 0 Å². The van der Waals surface area contributed by atoms with E-state index in [0.29, 0.717) is 31.4 Å². The highest BCUT2D eigenvalue weighted by Crippen LogP contribution is 2.36. The summed E-state index contributed by atoms with van der Waals surface area (Å²) in [5.41, 5.74) is 3.15. The van der Waals surface area contributed by atoms with E-state index in [9.17, 15) is 13.5 Å². The normalized spacial score (nSPS) is 20.1. The van der Waals surface area contributed by atoms with Gasteiger partial charge in [-0.15, -0.1) is 11.3 Å². The fraction of sp³-hybridized carbons (Fsp3) is 0.522. The Hall–Kier alpha value is -1.94. The van der Waals surface area contributed by atoms with Crippen molar-refractivity contribution in [2.45, 2.75) is 75.8 Å². The number of benzene rings is 1. The Morgan fingerprint density at radius 1 is 1.19 bits per heavy atom. The molecular weight excluding hydrogens is 444 g/mol. The van der Waals surface area contributed by atoms with Gasteiger partial charge in [0.15, 0.2) is 4.96 Å². The number of sulfonamides is 1. The van der Waals surface area contributed by atoms with Crippen molar-refractivity contribution in [2.24, 2.45) is 0 Å². The molecular formula is C23H32N4O3S2. The number of hydrogen-bond acceptors (Lipinski definition) is 6. The fourth-order valence-electron chi connectivity index (χ4n) is 4.22. The van der Waals surface area contributed by atoms with Crippen LogP contribution in [0.15, 0.2) is 29.3 Å². The van der Waals surface area contributed by atoms with E-state index in [1.807, 2.05) is 19.1 Å². The lowest BCUT2D eigenvalue weighted by Gasteiger charge is -2.26. The molecule has 32 heavy (non-hydrogen) atoms. The largest absolute Gasteiger partial charge is 0.393 e. The zero-order valence-electron chi connectivity index (χ0n) is 19.3. The molecule has 1 aliphatic carbocycles. The molecule has 2 heterocycles. The predicted octanol–water partition coefficient (Wildman–Crippen LogP) is 4.29. The second kappa shape index (κ2) is 8.44. The van der Waals surface area contributed by atoms with Crippen LogP contribution in [0.1, 0.15) is 57.0 Å². The van der Waals surface area contributed by atoms with Gasteiger partial charge in [-0.25, -0.2) is 18.1 Å². The van der Waals surface area contributed by atoms with Crippen LogP contribution in [0.2, 0.25) is 0 Å². The van der Waals surface area contributed by atoms with Crippen molar-refractivity contribution in [3.05, 3.63) is 35.0 Å². The first-order valence-corrected chi connectivity index (χ1v) is 13.3. The van der Waals surface area contributed by atoms with Crippen LogP contribution in [0.25, 0.3) is 16.2 Å². The first kappa shape index (κ1) is 23.2. The van der Waals surface area contributed by atoms with Crippen molar-refractivity contribution >= 4 is 32.0 Å². The van der Waals surface area contributed by atoms with Gasteiger partial charge in [0, 0.05) is 29.7 Å². The van der Waals surface area contributed by atoms with Gasteiger partial charge in [-0.1, -0.05) is 26.8 Å². The van der Waals surface area contributed by atoms with Crippen molar-refractivity contribution in [2.75, 3.05) is 12.4 Å². The average molecular weight is 477 g/mol. The zero-order chi connectivity index (χ0) is 23.3. The highest BCUT2D eigenvalue weighted by atomic mass is 32.2. The minimum atomic E-state index is -3.74. The zero-order valence-corrected chi connectivity index (χ0v) is 20.9. The average Bonchev–Trinajstić information content (AvgIpc) is 3.26. The van der Waals surface area contributed by atoms with E-state index in [0.717, 1.165) is 21.9 Å². The summed E-state index contributed by atoms with van der Waals surface area (Å²) in [5.74, 6) is 0. The molecule has 0 unspecified atom stereocenters. The van der Waals surface area contributed by atoms with Gasteiger partial charge in [-0.05, 0) is 50.2 Å². The smallest absolute Gasteiger partial charge is 0.242 e. The van der Waals surface area contributed by atoms with Crippen molar-refractivity contribution in [1.29, 1.82) is 0 Å². The molecule has 4 rings (SSSR count). The van der Waals surface area contributed by atoms with Crippen LogP contribution in [0, 0.1) is 6.92 Å². The third-order valence-electron chi connectivity index (χ3n) is 6.07. The standard InChI is InChI=1S/C23H32N4O3S2/c1-14-21(27-13-20(23(2,3)4)31-22(27)25-14)15-6-11-18(24-5)19(12-15)32(29,30)26-16-7-9-17(28)10-8-16/h6,11-13,16-17,24,26,28H,7-10H2,1-5H3/t16-,17+. The number of rotatable bonds is 5. The summed E-state index contributed by atoms with van der Waals surface area (Å²) >= 11 is 1.66. The molecule has 3 aromatic rings. The van der Waals surface area contributed by atoms with Gasteiger partial charge in [-0.2, -0.15) is 0 Å². The van der Waals surface area contributed by atoms with Crippen molar-refractivity contribution < 1.29 is 13.5 Å². The van der Waals surface area contributed by atoms with Crippen molar-refractivity contribution in [1.82, 2.24) is 14.1 Å². The second-order valence-electron chi connectivity index (χ2n) is 9.63. The van der Waals surface area contributed by atoms with E-state index in [2.05, 4.69) is 41.4 Å². The Balaban J connectivity index is 1.75. The molecule has 0 aliphatic heterocycles.